The summed E-state index contributed by atoms with van der Waals surface area (Å²) < 4.78 is 61.1. The van der Waals surface area contributed by atoms with Crippen molar-refractivity contribution in [2.45, 2.75) is 16.7 Å². The van der Waals surface area contributed by atoms with E-state index in [9.17, 15) is 21.6 Å². The summed E-state index contributed by atoms with van der Waals surface area (Å²) >= 11 is 6.15. The third-order valence-corrected chi connectivity index (χ3v) is 8.85. The molecule has 40 heavy (non-hydrogen) atoms. The average Bonchev–Trinajstić information content (AvgIpc) is 2.92. The molecule has 3 aromatic carbocycles. The first-order valence-corrected chi connectivity index (χ1v) is 14.9. The molecule has 0 unspecified atom stereocenters. The molecule has 208 valence electrons. The van der Waals surface area contributed by atoms with Gasteiger partial charge in [-0.25, -0.2) is 31.5 Å². The van der Waals surface area contributed by atoms with Gasteiger partial charge in [-0.15, -0.1) is 0 Å². The number of aromatic nitrogens is 2. The predicted molar refractivity (Wildman–Crippen MR) is 152 cm³/mol. The highest BCUT2D eigenvalue weighted by Gasteiger charge is 2.30. The summed E-state index contributed by atoms with van der Waals surface area (Å²) in [7, 11) is -6.84. The second-order valence-electron chi connectivity index (χ2n) is 8.34. The lowest BCUT2D eigenvalue weighted by molar-refractivity contribution is -0.114. The summed E-state index contributed by atoms with van der Waals surface area (Å²) in [6, 6.07) is 19.0. The molecule has 0 saturated carbocycles. The van der Waals surface area contributed by atoms with Crippen molar-refractivity contribution < 1.29 is 26.4 Å². The number of hydrogen-bond acceptors (Lipinski definition) is 8. The third kappa shape index (κ3) is 6.68. The number of carbonyl (C=O) groups is 1. The van der Waals surface area contributed by atoms with Gasteiger partial charge in [-0.05, 0) is 67.6 Å². The van der Waals surface area contributed by atoms with Crippen molar-refractivity contribution >= 4 is 54.9 Å². The average molecular weight is 602 g/mol. The lowest BCUT2D eigenvalue weighted by Crippen LogP contribution is -2.38. The van der Waals surface area contributed by atoms with Gasteiger partial charge in [-0.3, -0.25) is 9.10 Å². The molecule has 0 aliphatic carbocycles. The van der Waals surface area contributed by atoms with Crippen LogP contribution in [0, 0.1) is 6.92 Å². The van der Waals surface area contributed by atoms with E-state index in [2.05, 4.69) is 20.0 Å². The number of halogens is 1. The van der Waals surface area contributed by atoms with Crippen LogP contribution in [-0.4, -0.2) is 46.4 Å². The van der Waals surface area contributed by atoms with Gasteiger partial charge in [-0.1, -0.05) is 29.8 Å². The van der Waals surface area contributed by atoms with Crippen LogP contribution in [0.4, 0.5) is 17.3 Å². The number of hydrogen-bond donors (Lipinski definition) is 2. The molecule has 4 rings (SSSR count). The summed E-state index contributed by atoms with van der Waals surface area (Å²) in [5, 5.41) is 2.84. The SMILES string of the molecule is COc1ccc(Cl)cc1N(CC(=O)Nc1ccc(S(=O)(=O)Nc2nccc(C)n2)cc1)S(=O)(=O)c1ccccc1. The first-order chi connectivity index (χ1) is 19.0. The van der Waals surface area contributed by atoms with Gasteiger partial charge >= 0.3 is 0 Å². The van der Waals surface area contributed by atoms with Crippen molar-refractivity contribution in [3.05, 3.63) is 95.8 Å². The van der Waals surface area contributed by atoms with Crippen LogP contribution in [0.1, 0.15) is 5.69 Å². The number of sulfonamides is 2. The van der Waals surface area contributed by atoms with Crippen molar-refractivity contribution in [1.29, 1.82) is 0 Å². The highest BCUT2D eigenvalue weighted by molar-refractivity contribution is 7.93. The molecule has 0 atom stereocenters. The molecule has 0 saturated heterocycles. The second kappa shape index (κ2) is 11.9. The molecular formula is C26H24ClN5O6S2. The molecular weight excluding hydrogens is 578 g/mol. The molecule has 1 amide bonds. The van der Waals surface area contributed by atoms with E-state index in [0.29, 0.717) is 5.69 Å². The van der Waals surface area contributed by atoms with Gasteiger partial charge in [0.05, 0.1) is 22.6 Å². The first-order valence-electron chi connectivity index (χ1n) is 11.6. The van der Waals surface area contributed by atoms with E-state index in [-0.39, 0.29) is 37.9 Å². The molecule has 14 heteroatoms. The van der Waals surface area contributed by atoms with Gasteiger partial charge in [0.15, 0.2) is 0 Å². The number of nitrogens with zero attached hydrogens (tertiary/aromatic N) is 3. The van der Waals surface area contributed by atoms with Gasteiger partial charge in [-0.2, -0.15) is 0 Å². The number of methoxy groups -OCH3 is 1. The predicted octanol–water partition coefficient (Wildman–Crippen LogP) is 4.08. The first kappa shape index (κ1) is 28.8. The number of carbonyl (C=O) groups excluding carboxylic acids is 1. The Kier molecular flexibility index (Phi) is 8.57. The molecule has 0 spiro atoms. The highest BCUT2D eigenvalue weighted by atomic mass is 35.5. The normalized spacial score (nSPS) is 11.5. The zero-order chi connectivity index (χ0) is 28.9. The van der Waals surface area contributed by atoms with Gasteiger partial charge in [0.2, 0.25) is 11.9 Å². The van der Waals surface area contributed by atoms with Gasteiger partial charge < -0.3 is 10.1 Å². The van der Waals surface area contributed by atoms with Gasteiger partial charge in [0.1, 0.15) is 12.3 Å². The summed E-state index contributed by atoms with van der Waals surface area (Å²) in [5.41, 5.74) is 0.898. The Balaban J connectivity index is 1.57. The maximum Gasteiger partial charge on any atom is 0.264 e. The summed E-state index contributed by atoms with van der Waals surface area (Å²) in [4.78, 5) is 20.9. The number of anilines is 3. The van der Waals surface area contributed by atoms with Crippen LogP contribution in [0.2, 0.25) is 5.02 Å². The maximum atomic E-state index is 13.6. The summed E-state index contributed by atoms with van der Waals surface area (Å²) in [5.74, 6) is -0.576. The number of amides is 1. The van der Waals surface area contributed by atoms with Crippen molar-refractivity contribution in [1.82, 2.24) is 9.97 Å². The minimum absolute atomic E-state index is 0.0375. The zero-order valence-electron chi connectivity index (χ0n) is 21.3. The second-order valence-corrected chi connectivity index (χ2v) is 12.3. The van der Waals surface area contributed by atoms with E-state index >= 15 is 0 Å². The highest BCUT2D eigenvalue weighted by Crippen LogP contribution is 2.35. The van der Waals surface area contributed by atoms with Crippen molar-refractivity contribution in [3.8, 4) is 5.75 Å². The van der Waals surface area contributed by atoms with E-state index in [1.54, 1.807) is 31.2 Å². The molecule has 0 fully saturated rings. The Morgan fingerprint density at radius 1 is 0.950 bits per heavy atom. The van der Waals surface area contributed by atoms with E-state index < -0.39 is 32.5 Å². The monoisotopic (exact) mass is 601 g/mol. The van der Waals surface area contributed by atoms with Crippen LogP contribution in [0.3, 0.4) is 0 Å². The molecule has 2 N–H and O–H groups in total. The Morgan fingerprint density at radius 2 is 1.65 bits per heavy atom. The molecule has 11 nitrogen and oxygen atoms in total. The lowest BCUT2D eigenvalue weighted by atomic mass is 10.3. The molecule has 0 aliphatic heterocycles. The number of aryl methyl sites for hydroxylation is 1. The lowest BCUT2D eigenvalue weighted by Gasteiger charge is -2.26. The van der Waals surface area contributed by atoms with Gasteiger partial charge in [0, 0.05) is 22.6 Å². The molecule has 1 aromatic heterocycles. The summed E-state index contributed by atoms with van der Waals surface area (Å²) in [6.07, 6.45) is 1.43. The molecule has 0 radical (unpaired) electrons. The number of benzene rings is 3. The number of nitrogens with one attached hydrogen (secondary N) is 2. The summed E-state index contributed by atoms with van der Waals surface area (Å²) in [6.45, 7) is 1.08. The molecule has 4 aromatic rings. The molecule has 1 heterocycles. The molecule has 0 bridgehead atoms. The van der Waals surface area contributed by atoms with Gasteiger partial charge in [0.25, 0.3) is 20.0 Å². The largest absolute Gasteiger partial charge is 0.495 e. The smallest absolute Gasteiger partial charge is 0.264 e. The molecule has 0 aliphatic rings. The Hall–Kier alpha value is -4.20. The third-order valence-electron chi connectivity index (χ3n) is 5.50. The fourth-order valence-corrected chi connectivity index (χ4v) is 6.16. The van der Waals surface area contributed by atoms with Crippen LogP contribution in [-0.2, 0) is 24.8 Å². The number of ether oxygens (including phenoxy) is 1. The Morgan fingerprint density at radius 3 is 2.30 bits per heavy atom. The van der Waals surface area contributed by atoms with E-state index in [0.717, 1.165) is 4.31 Å². The van der Waals surface area contributed by atoms with Crippen LogP contribution < -0.4 is 19.1 Å². The maximum absolute atomic E-state index is 13.6. The van der Waals surface area contributed by atoms with Crippen molar-refractivity contribution in [2.24, 2.45) is 0 Å². The topological polar surface area (TPSA) is 148 Å². The van der Waals surface area contributed by atoms with Crippen LogP contribution in [0.15, 0.2) is 94.9 Å². The van der Waals surface area contributed by atoms with E-state index in [4.69, 9.17) is 16.3 Å². The Bertz CT molecular complexity index is 1740. The minimum Gasteiger partial charge on any atom is -0.495 e. The quantitative estimate of drug-likeness (QED) is 0.276. The van der Waals surface area contributed by atoms with E-state index in [1.165, 1.54) is 67.9 Å². The Labute approximate surface area is 236 Å². The fourth-order valence-electron chi connectivity index (χ4n) is 3.60. The van der Waals surface area contributed by atoms with Crippen LogP contribution >= 0.6 is 11.6 Å². The van der Waals surface area contributed by atoms with E-state index in [1.807, 2.05) is 0 Å². The van der Waals surface area contributed by atoms with Crippen LogP contribution in [0.5, 0.6) is 5.75 Å². The number of rotatable bonds is 10. The zero-order valence-corrected chi connectivity index (χ0v) is 23.7. The minimum atomic E-state index is -4.22. The van der Waals surface area contributed by atoms with Crippen LogP contribution in [0.25, 0.3) is 0 Å². The standard InChI is InChI=1S/C26H24ClN5O6S2/c1-18-14-15-28-26(29-18)31-39(34,35)21-11-9-20(10-12-21)30-25(33)17-32(23-16-19(27)8-13-24(23)38-2)40(36,37)22-6-4-3-5-7-22/h3-16H,17H2,1-2H3,(H,30,33)(H,28,29,31). The fraction of sp³-hybridized carbons (Fsp3) is 0.115. The van der Waals surface area contributed by atoms with Crippen molar-refractivity contribution in [2.75, 3.05) is 28.0 Å². The van der Waals surface area contributed by atoms with Crippen molar-refractivity contribution in [3.63, 3.8) is 0 Å².